The minimum Gasteiger partial charge on any atom is -0.395 e. The zero-order valence-electron chi connectivity index (χ0n) is 9.06. The third kappa shape index (κ3) is 3.28. The summed E-state index contributed by atoms with van der Waals surface area (Å²) in [6, 6.07) is 0. The highest BCUT2D eigenvalue weighted by atomic mass is 32.1. The molecule has 1 heterocycles. The van der Waals surface area contributed by atoms with E-state index in [0.717, 1.165) is 10.6 Å². The van der Waals surface area contributed by atoms with E-state index < -0.39 is 11.8 Å². The van der Waals surface area contributed by atoms with Gasteiger partial charge in [-0.05, 0) is 6.92 Å². The fourth-order valence-electron chi connectivity index (χ4n) is 0.987. The number of aromatic nitrogens is 1. The standard InChI is InChI=1S/C9H13N3O3S/c1-6-5-16-9(10-6)11-7(14)8(15)12(2)3-4-13/h5,13H,3-4H2,1-2H3,(H,10,11,14). The molecule has 2 N–H and O–H groups in total. The molecule has 0 radical (unpaired) electrons. The van der Waals surface area contributed by atoms with Gasteiger partial charge in [0, 0.05) is 19.0 Å². The maximum absolute atomic E-state index is 11.4. The lowest BCUT2D eigenvalue weighted by Crippen LogP contribution is -2.38. The second-order valence-electron chi connectivity index (χ2n) is 3.20. The number of carbonyl (C=O) groups excluding carboxylic acids is 2. The van der Waals surface area contributed by atoms with E-state index in [1.54, 1.807) is 12.3 Å². The zero-order valence-corrected chi connectivity index (χ0v) is 9.87. The number of nitrogens with zero attached hydrogens (tertiary/aromatic N) is 2. The number of carbonyl (C=O) groups is 2. The van der Waals surface area contributed by atoms with Crippen molar-refractivity contribution in [3.63, 3.8) is 0 Å². The van der Waals surface area contributed by atoms with E-state index in [1.807, 2.05) is 0 Å². The van der Waals surface area contributed by atoms with Gasteiger partial charge in [0.05, 0.1) is 12.3 Å². The predicted octanol–water partition coefficient (Wildman–Crippen LogP) is -0.159. The molecular formula is C9H13N3O3S. The number of aliphatic hydroxyl groups is 1. The highest BCUT2D eigenvalue weighted by Gasteiger charge is 2.19. The summed E-state index contributed by atoms with van der Waals surface area (Å²) < 4.78 is 0. The molecule has 0 atom stereocenters. The Morgan fingerprint density at radius 1 is 1.62 bits per heavy atom. The molecule has 16 heavy (non-hydrogen) atoms. The molecule has 88 valence electrons. The van der Waals surface area contributed by atoms with Crippen molar-refractivity contribution in [2.45, 2.75) is 6.92 Å². The number of anilines is 1. The van der Waals surface area contributed by atoms with Gasteiger partial charge < -0.3 is 10.0 Å². The number of aryl methyl sites for hydroxylation is 1. The largest absolute Gasteiger partial charge is 0.395 e. The highest BCUT2D eigenvalue weighted by molar-refractivity contribution is 7.14. The van der Waals surface area contributed by atoms with Crippen molar-refractivity contribution in [1.82, 2.24) is 9.88 Å². The Kier molecular flexibility index (Phi) is 4.39. The van der Waals surface area contributed by atoms with Crippen LogP contribution >= 0.6 is 11.3 Å². The molecule has 0 aliphatic rings. The number of rotatable bonds is 3. The first-order valence-corrected chi connectivity index (χ1v) is 5.52. The molecule has 0 aliphatic carbocycles. The van der Waals surface area contributed by atoms with E-state index in [4.69, 9.17) is 5.11 Å². The van der Waals surface area contributed by atoms with Crippen molar-refractivity contribution in [3.8, 4) is 0 Å². The predicted molar refractivity (Wildman–Crippen MR) is 60.2 cm³/mol. The Balaban J connectivity index is 2.55. The molecule has 0 aliphatic heterocycles. The van der Waals surface area contributed by atoms with Gasteiger partial charge >= 0.3 is 11.8 Å². The molecule has 0 saturated carbocycles. The SMILES string of the molecule is Cc1csc(NC(=O)C(=O)N(C)CCO)n1. The van der Waals surface area contributed by atoms with Crippen molar-refractivity contribution in [2.24, 2.45) is 0 Å². The van der Waals surface area contributed by atoms with Gasteiger partial charge in [0.25, 0.3) is 0 Å². The summed E-state index contributed by atoms with van der Waals surface area (Å²) in [5.74, 6) is -1.44. The van der Waals surface area contributed by atoms with Crippen molar-refractivity contribution in [2.75, 3.05) is 25.5 Å². The number of amides is 2. The average molecular weight is 243 g/mol. The summed E-state index contributed by atoms with van der Waals surface area (Å²) in [5.41, 5.74) is 0.788. The van der Waals surface area contributed by atoms with Crippen LogP contribution in [0.3, 0.4) is 0 Å². The molecule has 0 unspecified atom stereocenters. The summed E-state index contributed by atoms with van der Waals surface area (Å²) >= 11 is 1.26. The van der Waals surface area contributed by atoms with Crippen molar-refractivity contribution < 1.29 is 14.7 Å². The Morgan fingerprint density at radius 3 is 2.81 bits per heavy atom. The van der Waals surface area contributed by atoms with Crippen LogP contribution in [0.15, 0.2) is 5.38 Å². The molecule has 1 rings (SSSR count). The summed E-state index contributed by atoms with van der Waals surface area (Å²) in [4.78, 5) is 28.0. The Hall–Kier alpha value is -1.47. The Labute approximate surface area is 96.9 Å². The summed E-state index contributed by atoms with van der Waals surface area (Å²) in [6.07, 6.45) is 0. The Morgan fingerprint density at radius 2 is 2.31 bits per heavy atom. The van der Waals surface area contributed by atoms with E-state index in [-0.39, 0.29) is 13.2 Å². The van der Waals surface area contributed by atoms with Gasteiger partial charge in [-0.25, -0.2) is 4.98 Å². The van der Waals surface area contributed by atoms with E-state index >= 15 is 0 Å². The van der Waals surface area contributed by atoms with Crippen LogP contribution in [0.1, 0.15) is 5.69 Å². The lowest BCUT2D eigenvalue weighted by molar-refractivity contribution is -0.142. The number of thiazole rings is 1. The van der Waals surface area contributed by atoms with Gasteiger partial charge in [0.2, 0.25) is 0 Å². The fourth-order valence-corrected chi connectivity index (χ4v) is 1.67. The molecule has 0 spiro atoms. The summed E-state index contributed by atoms with van der Waals surface area (Å²) in [7, 11) is 1.45. The first-order chi connectivity index (χ1) is 7.54. The maximum Gasteiger partial charge on any atom is 0.315 e. The van der Waals surface area contributed by atoms with Crippen molar-refractivity contribution >= 4 is 28.3 Å². The molecule has 2 amide bonds. The number of aliphatic hydroxyl groups excluding tert-OH is 1. The van der Waals surface area contributed by atoms with E-state index in [9.17, 15) is 9.59 Å². The molecule has 0 fully saturated rings. The van der Waals surface area contributed by atoms with Crippen LogP contribution in [0.25, 0.3) is 0 Å². The second-order valence-corrected chi connectivity index (χ2v) is 4.06. The van der Waals surface area contributed by atoms with Crippen LogP contribution in [0.2, 0.25) is 0 Å². The topological polar surface area (TPSA) is 82.5 Å². The molecule has 6 nitrogen and oxygen atoms in total. The van der Waals surface area contributed by atoms with Crippen LogP contribution in [0, 0.1) is 6.92 Å². The van der Waals surface area contributed by atoms with Gasteiger partial charge in [-0.3, -0.25) is 14.9 Å². The van der Waals surface area contributed by atoms with Crippen LogP contribution in [0.5, 0.6) is 0 Å². The quantitative estimate of drug-likeness (QED) is 0.723. The molecular weight excluding hydrogens is 230 g/mol. The molecule has 7 heteroatoms. The van der Waals surface area contributed by atoms with E-state index in [2.05, 4.69) is 10.3 Å². The molecule has 0 bridgehead atoms. The number of hydrogen-bond donors (Lipinski definition) is 2. The van der Waals surface area contributed by atoms with E-state index in [0.29, 0.717) is 5.13 Å². The van der Waals surface area contributed by atoms with Gasteiger partial charge in [0.15, 0.2) is 5.13 Å². The maximum atomic E-state index is 11.4. The normalized spacial score (nSPS) is 9.94. The minimum absolute atomic E-state index is 0.128. The first kappa shape index (κ1) is 12.6. The number of likely N-dealkylation sites (N-methyl/N-ethyl adjacent to an activating group) is 1. The lowest BCUT2D eigenvalue weighted by atomic mass is 10.4. The third-order valence-corrected chi connectivity index (χ3v) is 2.69. The minimum atomic E-state index is -0.745. The van der Waals surface area contributed by atoms with Crippen LogP contribution in [-0.4, -0.2) is 47.0 Å². The van der Waals surface area contributed by atoms with Gasteiger partial charge in [-0.15, -0.1) is 11.3 Å². The van der Waals surface area contributed by atoms with Gasteiger partial charge in [-0.2, -0.15) is 0 Å². The first-order valence-electron chi connectivity index (χ1n) is 4.64. The lowest BCUT2D eigenvalue weighted by Gasteiger charge is -2.13. The smallest absolute Gasteiger partial charge is 0.315 e. The van der Waals surface area contributed by atoms with Crippen molar-refractivity contribution in [1.29, 1.82) is 0 Å². The average Bonchev–Trinajstić information content (AvgIpc) is 2.63. The van der Waals surface area contributed by atoms with Crippen LogP contribution in [-0.2, 0) is 9.59 Å². The van der Waals surface area contributed by atoms with Crippen molar-refractivity contribution in [3.05, 3.63) is 11.1 Å². The van der Waals surface area contributed by atoms with Gasteiger partial charge in [0.1, 0.15) is 0 Å². The molecule has 1 aromatic rings. The highest BCUT2D eigenvalue weighted by Crippen LogP contribution is 2.14. The fraction of sp³-hybridized carbons (Fsp3) is 0.444. The summed E-state index contributed by atoms with van der Waals surface area (Å²) in [6.45, 7) is 1.75. The Bertz CT molecular complexity index is 391. The second kappa shape index (κ2) is 5.57. The summed E-state index contributed by atoms with van der Waals surface area (Å²) in [5, 5.41) is 13.2. The number of hydrogen-bond acceptors (Lipinski definition) is 5. The van der Waals surface area contributed by atoms with Gasteiger partial charge in [-0.1, -0.05) is 0 Å². The van der Waals surface area contributed by atoms with E-state index in [1.165, 1.54) is 18.4 Å². The molecule has 1 aromatic heterocycles. The molecule has 0 aromatic carbocycles. The zero-order chi connectivity index (χ0) is 12.1. The van der Waals surface area contributed by atoms with Crippen LogP contribution in [0.4, 0.5) is 5.13 Å². The number of nitrogens with one attached hydrogen (secondary N) is 1. The molecule has 0 saturated heterocycles. The van der Waals surface area contributed by atoms with Crippen LogP contribution < -0.4 is 5.32 Å². The third-order valence-electron chi connectivity index (χ3n) is 1.82. The monoisotopic (exact) mass is 243 g/mol.